The van der Waals surface area contributed by atoms with Gasteiger partial charge in [-0.3, -0.25) is 0 Å². The number of nitrogens with one attached hydrogen (secondary N) is 1. The van der Waals surface area contributed by atoms with Crippen LogP contribution in [0.3, 0.4) is 0 Å². The van der Waals surface area contributed by atoms with E-state index in [4.69, 9.17) is 0 Å². The molecule has 0 saturated carbocycles. The van der Waals surface area contributed by atoms with Crippen LogP contribution < -0.4 is 5.32 Å². The van der Waals surface area contributed by atoms with Gasteiger partial charge in [0.15, 0.2) is 0 Å². The number of aryl methyl sites for hydroxylation is 1. The number of hydrogen-bond acceptors (Lipinski definition) is 3. The molecule has 19 heavy (non-hydrogen) atoms. The second kappa shape index (κ2) is 5.48. The topological polar surface area (TPSA) is 52.5 Å². The van der Waals surface area contributed by atoms with E-state index < -0.39 is 0 Å². The third-order valence-corrected chi connectivity index (χ3v) is 3.41. The molecule has 0 saturated heterocycles. The van der Waals surface area contributed by atoms with Crippen molar-refractivity contribution in [1.29, 1.82) is 0 Å². The van der Waals surface area contributed by atoms with Gasteiger partial charge in [0.25, 0.3) is 0 Å². The van der Waals surface area contributed by atoms with Gasteiger partial charge in [-0.2, -0.15) is 0 Å². The highest BCUT2D eigenvalue weighted by Crippen LogP contribution is 2.27. The number of rotatable bonds is 3. The van der Waals surface area contributed by atoms with Crippen LogP contribution in [0.4, 0.5) is 10.1 Å². The number of benzene rings is 2. The van der Waals surface area contributed by atoms with Gasteiger partial charge in [0.2, 0.25) is 0 Å². The van der Waals surface area contributed by atoms with Crippen molar-refractivity contribution in [2.24, 2.45) is 0 Å². The highest BCUT2D eigenvalue weighted by Gasteiger charge is 2.07. The number of anilines is 1. The van der Waals surface area contributed by atoms with E-state index in [0.29, 0.717) is 16.6 Å². The predicted molar refractivity (Wildman–Crippen MR) is 75.9 cm³/mol. The minimum absolute atomic E-state index is 0.0157. The average Bonchev–Trinajstić information content (AvgIpc) is 2.34. The molecule has 0 atom stereocenters. The van der Waals surface area contributed by atoms with Gasteiger partial charge in [-0.25, -0.2) is 4.39 Å². The van der Waals surface area contributed by atoms with E-state index in [9.17, 15) is 14.6 Å². The van der Waals surface area contributed by atoms with Crippen molar-refractivity contribution in [3.8, 4) is 11.5 Å². The number of hydrogen-bond donors (Lipinski definition) is 3. The molecular weight excluding hydrogens is 313 g/mol. The quantitative estimate of drug-likeness (QED) is 0.801. The Morgan fingerprint density at radius 1 is 1.21 bits per heavy atom. The molecule has 0 bridgehead atoms. The molecule has 0 fully saturated rings. The van der Waals surface area contributed by atoms with Gasteiger partial charge in [0.05, 0.1) is 4.47 Å². The Balaban J connectivity index is 2.16. The summed E-state index contributed by atoms with van der Waals surface area (Å²) < 4.78 is 13.7. The Kier molecular flexibility index (Phi) is 3.95. The summed E-state index contributed by atoms with van der Waals surface area (Å²) in [4.78, 5) is 0. The van der Waals surface area contributed by atoms with E-state index in [-0.39, 0.29) is 17.3 Å². The van der Waals surface area contributed by atoms with Gasteiger partial charge in [-0.1, -0.05) is 0 Å². The van der Waals surface area contributed by atoms with Crippen molar-refractivity contribution >= 4 is 21.6 Å². The van der Waals surface area contributed by atoms with E-state index >= 15 is 0 Å². The number of phenolic OH excluding ortho intramolecular Hbond substituents is 2. The number of halogens is 2. The molecule has 3 N–H and O–H groups in total. The minimum atomic E-state index is -0.310. The minimum Gasteiger partial charge on any atom is -0.508 e. The second-order valence-electron chi connectivity index (χ2n) is 4.25. The number of aromatic hydroxyl groups is 2. The Morgan fingerprint density at radius 3 is 2.63 bits per heavy atom. The maximum Gasteiger partial charge on any atom is 0.137 e. The van der Waals surface area contributed by atoms with Gasteiger partial charge in [-0.05, 0) is 52.7 Å². The molecule has 3 nitrogen and oxygen atoms in total. The van der Waals surface area contributed by atoms with Crippen molar-refractivity contribution < 1.29 is 14.6 Å². The lowest BCUT2D eigenvalue weighted by molar-refractivity contribution is 0.446. The van der Waals surface area contributed by atoms with E-state index in [0.717, 1.165) is 11.3 Å². The van der Waals surface area contributed by atoms with E-state index in [1.54, 1.807) is 19.1 Å². The molecular formula is C14H13BrFNO2. The Labute approximate surface area is 118 Å². The van der Waals surface area contributed by atoms with Crippen LogP contribution in [0, 0.1) is 12.7 Å². The van der Waals surface area contributed by atoms with Gasteiger partial charge < -0.3 is 15.5 Å². The lowest BCUT2D eigenvalue weighted by atomic mass is 10.1. The fourth-order valence-corrected chi connectivity index (χ4v) is 2.07. The fourth-order valence-electron chi connectivity index (χ4n) is 1.73. The maximum absolute atomic E-state index is 13.3. The summed E-state index contributed by atoms with van der Waals surface area (Å²) in [6.45, 7) is 2.18. The van der Waals surface area contributed by atoms with Crippen LogP contribution in [0.15, 0.2) is 34.8 Å². The zero-order valence-electron chi connectivity index (χ0n) is 10.2. The summed E-state index contributed by atoms with van der Waals surface area (Å²) in [5.74, 6) is -0.274. The lowest BCUT2D eigenvalue weighted by Crippen LogP contribution is -2.02. The molecule has 0 unspecified atom stereocenters. The smallest absolute Gasteiger partial charge is 0.137 e. The SMILES string of the molecule is Cc1cc(F)c(Br)cc1NCc1ccc(O)cc1O. The van der Waals surface area contributed by atoms with Crippen LogP contribution in [0.5, 0.6) is 11.5 Å². The van der Waals surface area contributed by atoms with E-state index in [1.165, 1.54) is 18.2 Å². The molecule has 0 aliphatic heterocycles. The molecule has 2 aromatic carbocycles. The number of phenols is 2. The Hall–Kier alpha value is -1.75. The van der Waals surface area contributed by atoms with Crippen LogP contribution in [0.25, 0.3) is 0 Å². The summed E-state index contributed by atoms with van der Waals surface area (Å²) in [5.41, 5.74) is 2.21. The normalized spacial score (nSPS) is 10.5. The summed E-state index contributed by atoms with van der Waals surface area (Å²) in [5, 5.41) is 22.0. The van der Waals surface area contributed by atoms with Gasteiger partial charge in [0, 0.05) is 23.9 Å². The highest BCUT2D eigenvalue weighted by atomic mass is 79.9. The molecule has 100 valence electrons. The van der Waals surface area contributed by atoms with Crippen LogP contribution in [0.1, 0.15) is 11.1 Å². The van der Waals surface area contributed by atoms with Crippen LogP contribution in [-0.2, 0) is 6.54 Å². The third-order valence-electron chi connectivity index (χ3n) is 2.81. The molecule has 0 amide bonds. The van der Waals surface area contributed by atoms with Crippen molar-refractivity contribution in [3.05, 3.63) is 51.7 Å². The summed E-state index contributed by atoms with van der Waals surface area (Å²) in [7, 11) is 0. The zero-order chi connectivity index (χ0) is 14.0. The molecule has 0 aliphatic carbocycles. The average molecular weight is 326 g/mol. The molecule has 0 radical (unpaired) electrons. The predicted octanol–water partition coefficient (Wildman–Crippen LogP) is 3.92. The van der Waals surface area contributed by atoms with Crippen LogP contribution >= 0.6 is 15.9 Å². The lowest BCUT2D eigenvalue weighted by Gasteiger charge is -2.12. The molecule has 0 aliphatic rings. The van der Waals surface area contributed by atoms with E-state index in [2.05, 4.69) is 21.2 Å². The zero-order valence-corrected chi connectivity index (χ0v) is 11.8. The van der Waals surface area contributed by atoms with Crippen molar-refractivity contribution in [1.82, 2.24) is 0 Å². The monoisotopic (exact) mass is 325 g/mol. The molecule has 0 spiro atoms. The van der Waals surface area contributed by atoms with Crippen molar-refractivity contribution in [3.63, 3.8) is 0 Å². The largest absolute Gasteiger partial charge is 0.508 e. The van der Waals surface area contributed by atoms with Gasteiger partial charge in [-0.15, -0.1) is 0 Å². The maximum atomic E-state index is 13.3. The van der Waals surface area contributed by atoms with Crippen molar-refractivity contribution in [2.45, 2.75) is 13.5 Å². The summed E-state index contributed by atoms with van der Waals surface area (Å²) in [6, 6.07) is 7.51. The third kappa shape index (κ3) is 3.17. The summed E-state index contributed by atoms with van der Waals surface area (Å²) in [6.07, 6.45) is 0. The molecule has 0 heterocycles. The Morgan fingerprint density at radius 2 is 1.95 bits per heavy atom. The van der Waals surface area contributed by atoms with Crippen LogP contribution in [0.2, 0.25) is 0 Å². The van der Waals surface area contributed by atoms with E-state index in [1.807, 2.05) is 0 Å². The first kappa shape index (κ1) is 13.7. The standard InChI is InChI=1S/C14H13BrFNO2/c1-8-4-12(16)11(15)6-13(8)17-7-9-2-3-10(18)5-14(9)19/h2-6,17-19H,7H2,1H3. The van der Waals surface area contributed by atoms with Crippen LogP contribution in [-0.4, -0.2) is 10.2 Å². The fraction of sp³-hybridized carbons (Fsp3) is 0.143. The molecule has 2 aromatic rings. The first-order valence-electron chi connectivity index (χ1n) is 5.68. The molecule has 5 heteroatoms. The second-order valence-corrected chi connectivity index (χ2v) is 5.10. The first-order valence-corrected chi connectivity index (χ1v) is 6.47. The Bertz CT molecular complexity index is 617. The highest BCUT2D eigenvalue weighted by molar-refractivity contribution is 9.10. The van der Waals surface area contributed by atoms with Gasteiger partial charge in [0.1, 0.15) is 17.3 Å². The molecule has 2 rings (SSSR count). The summed E-state index contributed by atoms with van der Waals surface area (Å²) >= 11 is 3.13. The first-order chi connectivity index (χ1) is 8.97. The van der Waals surface area contributed by atoms with Crippen molar-refractivity contribution in [2.75, 3.05) is 5.32 Å². The molecule has 0 aromatic heterocycles. The van der Waals surface area contributed by atoms with Gasteiger partial charge >= 0.3 is 0 Å².